The third-order valence-corrected chi connectivity index (χ3v) is 4.37. The largest absolute Gasteiger partial charge is 0.355 e. The van der Waals surface area contributed by atoms with Gasteiger partial charge in [0.1, 0.15) is 10.8 Å². The van der Waals surface area contributed by atoms with Crippen molar-refractivity contribution in [2.24, 2.45) is 0 Å². The lowest BCUT2D eigenvalue weighted by Gasteiger charge is -2.05. The molecule has 4 nitrogen and oxygen atoms in total. The van der Waals surface area contributed by atoms with Crippen LogP contribution in [0.5, 0.6) is 0 Å². The van der Waals surface area contributed by atoms with Gasteiger partial charge in [-0.15, -0.1) is 11.3 Å². The maximum Gasteiger partial charge on any atom is 0.226 e. The van der Waals surface area contributed by atoms with E-state index in [1.165, 1.54) is 17.4 Å². The maximum atomic E-state index is 13.5. The quantitative estimate of drug-likeness (QED) is 0.749. The van der Waals surface area contributed by atoms with Gasteiger partial charge >= 0.3 is 0 Å². The van der Waals surface area contributed by atoms with Gasteiger partial charge in [0.05, 0.1) is 17.8 Å². The summed E-state index contributed by atoms with van der Waals surface area (Å²) in [5.41, 5.74) is 2.11. The molecule has 0 radical (unpaired) electrons. The molecule has 2 heterocycles. The smallest absolute Gasteiger partial charge is 0.226 e. The Labute approximate surface area is 143 Å². The molecule has 0 aliphatic heterocycles. The highest BCUT2D eigenvalue weighted by molar-refractivity contribution is 7.13. The Morgan fingerprint density at radius 2 is 2.00 bits per heavy atom. The third kappa shape index (κ3) is 4.23. The second-order valence-electron chi connectivity index (χ2n) is 5.23. The van der Waals surface area contributed by atoms with Crippen molar-refractivity contribution in [3.63, 3.8) is 0 Å². The number of amides is 1. The lowest BCUT2D eigenvalue weighted by molar-refractivity contribution is -0.120. The number of benzene rings is 1. The minimum atomic E-state index is -0.244. The van der Waals surface area contributed by atoms with Gasteiger partial charge in [0, 0.05) is 18.1 Å². The summed E-state index contributed by atoms with van der Waals surface area (Å²) in [5, 5.41) is 5.46. The predicted octanol–water partition coefficient (Wildman–Crippen LogP) is 3.25. The second kappa shape index (κ2) is 7.79. The summed E-state index contributed by atoms with van der Waals surface area (Å²) in [6.07, 6.45) is 2.39. The molecule has 0 spiro atoms. The Morgan fingerprint density at radius 3 is 2.79 bits per heavy atom. The molecule has 1 aromatic carbocycles. The first-order chi connectivity index (χ1) is 11.7. The maximum absolute atomic E-state index is 13.5. The molecule has 0 saturated carbocycles. The molecule has 0 aliphatic carbocycles. The third-order valence-electron chi connectivity index (χ3n) is 3.45. The van der Waals surface area contributed by atoms with Gasteiger partial charge in [-0.3, -0.25) is 9.78 Å². The van der Waals surface area contributed by atoms with Crippen LogP contribution in [-0.4, -0.2) is 22.4 Å². The van der Waals surface area contributed by atoms with E-state index in [0.29, 0.717) is 24.2 Å². The summed E-state index contributed by atoms with van der Waals surface area (Å²) in [6.45, 7) is 0.400. The van der Waals surface area contributed by atoms with Gasteiger partial charge in [0.15, 0.2) is 0 Å². The summed E-state index contributed by atoms with van der Waals surface area (Å²) >= 11 is 1.46. The fraction of sp³-hybridized carbons (Fsp3) is 0.167. The number of hydrogen-bond acceptors (Lipinski definition) is 4. The zero-order valence-electron chi connectivity index (χ0n) is 12.9. The average molecular weight is 341 g/mol. The molecule has 122 valence electrons. The number of thiazole rings is 1. The SMILES string of the molecule is O=C(Cc1csc(-c2ccccn2)n1)NCCc1ccccc1F. The molecule has 0 unspecified atom stereocenters. The van der Waals surface area contributed by atoms with Crippen LogP contribution in [0.4, 0.5) is 4.39 Å². The van der Waals surface area contributed by atoms with E-state index in [1.807, 2.05) is 23.6 Å². The summed E-state index contributed by atoms with van der Waals surface area (Å²) in [5.74, 6) is -0.365. The highest BCUT2D eigenvalue weighted by atomic mass is 32.1. The number of halogens is 1. The van der Waals surface area contributed by atoms with Gasteiger partial charge in [0.25, 0.3) is 0 Å². The van der Waals surface area contributed by atoms with Crippen molar-refractivity contribution >= 4 is 17.2 Å². The zero-order valence-corrected chi connectivity index (χ0v) is 13.7. The number of nitrogens with zero attached hydrogens (tertiary/aromatic N) is 2. The topological polar surface area (TPSA) is 54.9 Å². The van der Waals surface area contributed by atoms with Gasteiger partial charge in [-0.05, 0) is 30.2 Å². The molecule has 0 saturated heterocycles. The summed E-state index contributed by atoms with van der Waals surface area (Å²) in [4.78, 5) is 20.7. The molecular formula is C18H16FN3OS. The monoisotopic (exact) mass is 341 g/mol. The number of nitrogens with one attached hydrogen (secondary N) is 1. The van der Waals surface area contributed by atoms with Crippen molar-refractivity contribution in [2.75, 3.05) is 6.54 Å². The van der Waals surface area contributed by atoms with Crippen LogP contribution in [-0.2, 0) is 17.6 Å². The standard InChI is InChI=1S/C18H16FN3OS/c19-15-6-2-1-5-13(15)8-10-21-17(23)11-14-12-24-18(22-14)16-7-3-4-9-20-16/h1-7,9,12H,8,10-11H2,(H,21,23). The number of carbonyl (C=O) groups is 1. The number of carbonyl (C=O) groups excluding carboxylic acids is 1. The number of pyridine rings is 1. The minimum absolute atomic E-state index is 0.121. The first-order valence-corrected chi connectivity index (χ1v) is 8.46. The van der Waals surface area contributed by atoms with Crippen LogP contribution in [0.15, 0.2) is 54.0 Å². The molecule has 6 heteroatoms. The van der Waals surface area contributed by atoms with Crippen molar-refractivity contribution < 1.29 is 9.18 Å². The Morgan fingerprint density at radius 1 is 1.17 bits per heavy atom. The van der Waals surface area contributed by atoms with Crippen molar-refractivity contribution in [2.45, 2.75) is 12.8 Å². The Kier molecular flexibility index (Phi) is 5.28. The highest BCUT2D eigenvalue weighted by Crippen LogP contribution is 2.21. The average Bonchev–Trinajstić information content (AvgIpc) is 3.06. The zero-order chi connectivity index (χ0) is 16.8. The van der Waals surface area contributed by atoms with Gasteiger partial charge in [0.2, 0.25) is 5.91 Å². The van der Waals surface area contributed by atoms with Crippen LogP contribution < -0.4 is 5.32 Å². The van der Waals surface area contributed by atoms with Crippen molar-refractivity contribution in [1.82, 2.24) is 15.3 Å². The van der Waals surface area contributed by atoms with E-state index in [9.17, 15) is 9.18 Å². The highest BCUT2D eigenvalue weighted by Gasteiger charge is 2.09. The van der Waals surface area contributed by atoms with Gasteiger partial charge in [-0.2, -0.15) is 0 Å². The lowest BCUT2D eigenvalue weighted by atomic mass is 10.1. The Hall–Kier alpha value is -2.60. The van der Waals surface area contributed by atoms with Crippen LogP contribution in [0.25, 0.3) is 10.7 Å². The number of hydrogen-bond donors (Lipinski definition) is 1. The van der Waals surface area contributed by atoms with Crippen molar-refractivity contribution in [3.8, 4) is 10.7 Å². The summed E-state index contributed by atoms with van der Waals surface area (Å²) < 4.78 is 13.5. The van der Waals surface area contributed by atoms with E-state index >= 15 is 0 Å². The van der Waals surface area contributed by atoms with E-state index in [4.69, 9.17) is 0 Å². The molecule has 0 fully saturated rings. The number of aromatic nitrogens is 2. The van der Waals surface area contributed by atoms with E-state index in [1.54, 1.807) is 24.4 Å². The van der Waals surface area contributed by atoms with Crippen molar-refractivity contribution in [1.29, 1.82) is 0 Å². The van der Waals surface area contributed by atoms with Crippen LogP contribution in [0.3, 0.4) is 0 Å². The molecular weight excluding hydrogens is 325 g/mol. The van der Waals surface area contributed by atoms with E-state index in [2.05, 4.69) is 15.3 Å². The first-order valence-electron chi connectivity index (χ1n) is 7.58. The second-order valence-corrected chi connectivity index (χ2v) is 6.09. The van der Waals surface area contributed by atoms with E-state index in [-0.39, 0.29) is 18.1 Å². The van der Waals surface area contributed by atoms with Gasteiger partial charge in [-0.1, -0.05) is 24.3 Å². The number of rotatable bonds is 6. The molecule has 1 amide bonds. The molecule has 1 N–H and O–H groups in total. The molecule has 3 aromatic rings. The molecule has 3 rings (SSSR count). The fourth-order valence-electron chi connectivity index (χ4n) is 2.26. The Bertz CT molecular complexity index is 820. The van der Waals surface area contributed by atoms with E-state index < -0.39 is 0 Å². The Balaban J connectivity index is 1.51. The fourth-order valence-corrected chi connectivity index (χ4v) is 3.05. The predicted molar refractivity (Wildman–Crippen MR) is 92.2 cm³/mol. The lowest BCUT2D eigenvalue weighted by Crippen LogP contribution is -2.27. The first kappa shape index (κ1) is 16.3. The van der Waals surface area contributed by atoms with Gasteiger partial charge < -0.3 is 5.32 Å². The van der Waals surface area contributed by atoms with Crippen LogP contribution in [0.1, 0.15) is 11.3 Å². The van der Waals surface area contributed by atoms with Crippen molar-refractivity contribution in [3.05, 3.63) is 71.1 Å². The van der Waals surface area contributed by atoms with Crippen LogP contribution >= 0.6 is 11.3 Å². The summed E-state index contributed by atoms with van der Waals surface area (Å²) in [6, 6.07) is 12.2. The molecule has 2 aromatic heterocycles. The molecule has 0 bridgehead atoms. The minimum Gasteiger partial charge on any atom is -0.355 e. The van der Waals surface area contributed by atoms with Crippen LogP contribution in [0.2, 0.25) is 0 Å². The normalized spacial score (nSPS) is 10.5. The molecule has 0 atom stereocenters. The van der Waals surface area contributed by atoms with Crippen LogP contribution in [0, 0.1) is 5.82 Å². The molecule has 24 heavy (non-hydrogen) atoms. The van der Waals surface area contributed by atoms with Gasteiger partial charge in [-0.25, -0.2) is 9.37 Å². The van der Waals surface area contributed by atoms with E-state index in [0.717, 1.165) is 10.7 Å². The molecule has 0 aliphatic rings. The summed E-state index contributed by atoms with van der Waals surface area (Å²) in [7, 11) is 0.